The largest absolute Gasteiger partial charge is 0.465 e. The van der Waals surface area contributed by atoms with Crippen molar-refractivity contribution in [3.63, 3.8) is 0 Å². The highest BCUT2D eigenvalue weighted by atomic mass is 16.6. The molecule has 0 bridgehead atoms. The van der Waals surface area contributed by atoms with Gasteiger partial charge in [-0.2, -0.15) is 0 Å². The third kappa shape index (κ3) is 10.7. The van der Waals surface area contributed by atoms with Crippen LogP contribution in [0.1, 0.15) is 65.5 Å². The van der Waals surface area contributed by atoms with E-state index in [-0.39, 0.29) is 31.3 Å². The number of amides is 3. The second kappa shape index (κ2) is 16.1. The van der Waals surface area contributed by atoms with Gasteiger partial charge in [-0.25, -0.2) is 14.4 Å². The van der Waals surface area contributed by atoms with Crippen molar-refractivity contribution in [2.24, 2.45) is 5.92 Å². The number of carbonyl (C=O) groups is 4. The summed E-state index contributed by atoms with van der Waals surface area (Å²) in [5, 5.41) is 12.8. The van der Waals surface area contributed by atoms with Crippen LogP contribution < -0.4 is 5.32 Å². The molecule has 3 amide bonds. The van der Waals surface area contributed by atoms with Gasteiger partial charge in [-0.1, -0.05) is 67.6 Å². The molecule has 2 aromatic carbocycles. The molecule has 4 atom stereocenters. The minimum Gasteiger partial charge on any atom is -0.465 e. The highest BCUT2D eigenvalue weighted by molar-refractivity contribution is 5.87. The zero-order valence-corrected chi connectivity index (χ0v) is 27.2. The van der Waals surface area contributed by atoms with Gasteiger partial charge < -0.3 is 24.8 Å². The van der Waals surface area contributed by atoms with Gasteiger partial charge in [0.1, 0.15) is 23.4 Å². The fourth-order valence-corrected chi connectivity index (χ4v) is 5.39. The Morgan fingerprint density at radius 3 is 2.13 bits per heavy atom. The molecule has 1 saturated heterocycles. The highest BCUT2D eigenvalue weighted by Gasteiger charge is 2.45. The number of nitrogens with zero attached hydrogens (tertiary/aromatic N) is 2. The predicted molar refractivity (Wildman–Crippen MR) is 171 cm³/mol. The Balaban J connectivity index is 1.94. The summed E-state index contributed by atoms with van der Waals surface area (Å²) < 4.78 is 10.9. The summed E-state index contributed by atoms with van der Waals surface area (Å²) in [4.78, 5) is 55.5. The average molecular weight is 622 g/mol. The molecule has 3 rings (SSSR count). The van der Waals surface area contributed by atoms with Crippen molar-refractivity contribution in [1.82, 2.24) is 15.1 Å². The van der Waals surface area contributed by atoms with Crippen LogP contribution in [-0.4, -0.2) is 75.8 Å². The fraction of sp³-hybridized carbons (Fsp3) is 0.486. The number of ether oxygens (including phenoxy) is 2. The Kier molecular flexibility index (Phi) is 12.6. The maximum absolute atomic E-state index is 14.5. The van der Waals surface area contributed by atoms with Gasteiger partial charge in [0.2, 0.25) is 5.91 Å². The highest BCUT2D eigenvalue weighted by Crippen LogP contribution is 2.27. The van der Waals surface area contributed by atoms with E-state index in [1.165, 1.54) is 0 Å². The number of nitrogens with one attached hydrogen (secondary N) is 1. The van der Waals surface area contributed by atoms with Crippen LogP contribution in [0.3, 0.4) is 0 Å². The first-order chi connectivity index (χ1) is 21.3. The zero-order chi connectivity index (χ0) is 33.1. The third-order valence-corrected chi connectivity index (χ3v) is 7.91. The first-order valence-corrected chi connectivity index (χ1v) is 15.5. The summed E-state index contributed by atoms with van der Waals surface area (Å²) in [7, 11) is 0. The third-order valence-electron chi connectivity index (χ3n) is 7.91. The minimum absolute atomic E-state index is 0.0674. The molecule has 0 aliphatic carbocycles. The van der Waals surface area contributed by atoms with Crippen LogP contribution in [0.15, 0.2) is 72.5 Å². The fourth-order valence-electron chi connectivity index (χ4n) is 5.39. The van der Waals surface area contributed by atoms with Crippen LogP contribution in [0.5, 0.6) is 0 Å². The van der Waals surface area contributed by atoms with Crippen LogP contribution >= 0.6 is 0 Å². The molecule has 2 N–H and O–H groups in total. The lowest BCUT2D eigenvalue weighted by molar-refractivity contribution is -0.144. The molecular formula is C35H47N3O7. The Morgan fingerprint density at radius 1 is 1.02 bits per heavy atom. The van der Waals surface area contributed by atoms with Crippen molar-refractivity contribution in [2.75, 3.05) is 13.1 Å². The van der Waals surface area contributed by atoms with E-state index in [1.54, 1.807) is 45.6 Å². The number of likely N-dealkylation sites (tertiary alicyclic amines) is 1. The first-order valence-electron chi connectivity index (χ1n) is 15.5. The Bertz CT molecular complexity index is 1320. The molecule has 10 heteroatoms. The van der Waals surface area contributed by atoms with E-state index in [0.717, 1.165) is 16.0 Å². The summed E-state index contributed by atoms with van der Waals surface area (Å²) in [6.45, 7) is 10.7. The van der Waals surface area contributed by atoms with Crippen molar-refractivity contribution in [2.45, 2.75) is 91.0 Å². The van der Waals surface area contributed by atoms with Crippen LogP contribution in [0.2, 0.25) is 0 Å². The standard InChI is InChI=1S/C35H47N3O7/c1-7-25(3)44-32(40)29-22-28(23-38(29)34(42)43)37(21-20-27-16-12-9-13-17-27)31(39)30(36-33(41)45-35(4,5)6)24(2)18-19-26-14-10-8-11-15-26/h7-17,24,28-30H,18-23H2,1-6H3,(H,36,41)(H,42,43)/t24?,28?,29?,30-/m0/s1. The van der Waals surface area contributed by atoms with Gasteiger partial charge in [-0.05, 0) is 77.0 Å². The van der Waals surface area contributed by atoms with E-state index in [9.17, 15) is 24.3 Å². The van der Waals surface area contributed by atoms with Gasteiger partial charge in [0, 0.05) is 19.5 Å². The molecule has 1 heterocycles. The van der Waals surface area contributed by atoms with Gasteiger partial charge >= 0.3 is 18.2 Å². The lowest BCUT2D eigenvalue weighted by Gasteiger charge is -2.35. The number of hydrogen-bond donors (Lipinski definition) is 2. The maximum atomic E-state index is 14.5. The van der Waals surface area contributed by atoms with Crippen LogP contribution in [0.25, 0.3) is 0 Å². The molecule has 1 aliphatic heterocycles. The van der Waals surface area contributed by atoms with Gasteiger partial charge in [0.05, 0.1) is 6.04 Å². The average Bonchev–Trinajstić information content (AvgIpc) is 3.44. The van der Waals surface area contributed by atoms with Gasteiger partial charge in [-0.15, -0.1) is 0 Å². The molecular weight excluding hydrogens is 574 g/mol. The molecule has 1 aliphatic rings. The molecule has 45 heavy (non-hydrogen) atoms. The van der Waals surface area contributed by atoms with Crippen molar-refractivity contribution in [1.29, 1.82) is 0 Å². The number of alkyl carbamates (subject to hydrolysis) is 1. The van der Waals surface area contributed by atoms with Crippen molar-refractivity contribution in [3.8, 4) is 0 Å². The van der Waals surface area contributed by atoms with E-state index in [0.29, 0.717) is 25.0 Å². The smallest absolute Gasteiger partial charge is 0.408 e. The number of aryl methyl sites for hydroxylation is 1. The summed E-state index contributed by atoms with van der Waals surface area (Å²) >= 11 is 0. The molecule has 244 valence electrons. The van der Waals surface area contributed by atoms with Crippen molar-refractivity contribution >= 4 is 24.1 Å². The lowest BCUT2D eigenvalue weighted by atomic mass is 9.92. The second-order valence-corrected chi connectivity index (χ2v) is 12.6. The summed E-state index contributed by atoms with van der Waals surface area (Å²) in [6, 6.07) is 16.9. The topological polar surface area (TPSA) is 125 Å². The van der Waals surface area contributed by atoms with E-state index in [2.05, 4.69) is 5.32 Å². The number of hydrogen-bond acceptors (Lipinski definition) is 6. The first kappa shape index (κ1) is 35.1. The second-order valence-electron chi connectivity index (χ2n) is 12.6. The number of carboxylic acid groups (broad SMARTS) is 1. The summed E-state index contributed by atoms with van der Waals surface area (Å²) in [5.41, 5.74) is 1.33. The monoisotopic (exact) mass is 621 g/mol. The molecule has 1 fully saturated rings. The van der Waals surface area contributed by atoms with E-state index in [4.69, 9.17) is 9.47 Å². The number of benzene rings is 2. The van der Waals surface area contributed by atoms with Crippen LogP contribution in [-0.2, 0) is 31.9 Å². The molecule has 3 unspecified atom stereocenters. The molecule has 0 aromatic heterocycles. The molecule has 0 saturated carbocycles. The molecule has 0 radical (unpaired) electrons. The number of rotatable bonds is 12. The summed E-state index contributed by atoms with van der Waals surface area (Å²) in [5.74, 6) is -0.976. The number of esters is 1. The number of allylic oxidation sites excluding steroid dienone is 2. The van der Waals surface area contributed by atoms with E-state index >= 15 is 0 Å². The lowest BCUT2D eigenvalue weighted by Crippen LogP contribution is -2.56. The Labute approximate surface area is 266 Å². The van der Waals surface area contributed by atoms with Crippen LogP contribution in [0.4, 0.5) is 9.59 Å². The Morgan fingerprint density at radius 2 is 1.60 bits per heavy atom. The van der Waals surface area contributed by atoms with Crippen LogP contribution in [0, 0.1) is 5.92 Å². The summed E-state index contributed by atoms with van der Waals surface area (Å²) in [6.07, 6.45) is 1.51. The zero-order valence-electron chi connectivity index (χ0n) is 27.2. The van der Waals surface area contributed by atoms with Gasteiger partial charge in [0.15, 0.2) is 0 Å². The van der Waals surface area contributed by atoms with E-state index < -0.39 is 41.9 Å². The Hall–Kier alpha value is -4.34. The molecule has 0 spiro atoms. The minimum atomic E-state index is -1.27. The number of carbonyl (C=O) groups excluding carboxylic acids is 3. The molecule has 2 aromatic rings. The SMILES string of the molecule is CC=C(C)OC(=O)C1CC(N(CCc2ccccc2)C(=O)[C@@H](NC(=O)OC(C)(C)C)C(C)CCc2ccccc2)CN1C(=O)O. The van der Waals surface area contributed by atoms with Gasteiger partial charge in [-0.3, -0.25) is 9.69 Å². The normalized spacial score (nSPS) is 18.1. The van der Waals surface area contributed by atoms with Gasteiger partial charge in [0.25, 0.3) is 0 Å². The van der Waals surface area contributed by atoms with Crippen molar-refractivity contribution in [3.05, 3.63) is 83.6 Å². The maximum Gasteiger partial charge on any atom is 0.408 e. The quantitative estimate of drug-likeness (QED) is 0.226. The molecule has 10 nitrogen and oxygen atoms in total. The van der Waals surface area contributed by atoms with Crippen molar-refractivity contribution < 1.29 is 33.8 Å². The van der Waals surface area contributed by atoms with E-state index in [1.807, 2.05) is 67.6 Å². The predicted octanol–water partition coefficient (Wildman–Crippen LogP) is 5.81.